The van der Waals surface area contributed by atoms with E-state index in [1.54, 1.807) is 7.11 Å². The molecule has 0 aromatic heterocycles. The van der Waals surface area contributed by atoms with E-state index in [4.69, 9.17) is 16.3 Å². The number of methoxy groups -OCH3 is 1. The number of carbonyl (C=O) groups excluding carboxylic acids is 1. The smallest absolute Gasteiger partial charge is 0.185 e. The van der Waals surface area contributed by atoms with Gasteiger partial charge in [0.2, 0.25) is 0 Å². The third-order valence-corrected chi connectivity index (χ3v) is 4.93. The van der Waals surface area contributed by atoms with Crippen molar-refractivity contribution in [1.29, 1.82) is 0 Å². The molecule has 0 amide bonds. The van der Waals surface area contributed by atoms with Crippen LogP contribution in [0.5, 0.6) is 5.75 Å². The maximum Gasteiger partial charge on any atom is 0.185 e. The van der Waals surface area contributed by atoms with Crippen molar-refractivity contribution in [3.05, 3.63) is 58.2 Å². The second kappa shape index (κ2) is 6.13. The topological polar surface area (TPSA) is 26.3 Å². The number of rotatable bonds is 2. The van der Waals surface area contributed by atoms with Gasteiger partial charge in [-0.15, -0.1) is 0 Å². The van der Waals surface area contributed by atoms with E-state index < -0.39 is 0 Å². The molecule has 3 rings (SSSR count). The first kappa shape index (κ1) is 15.1. The molecule has 2 nitrogen and oxygen atoms in total. The number of fused-ring (bicyclic) bond motifs is 1. The normalized spacial score (nSPS) is 25.9. The van der Waals surface area contributed by atoms with Crippen molar-refractivity contribution in [2.24, 2.45) is 11.8 Å². The first-order valence-electron chi connectivity index (χ1n) is 7.56. The van der Waals surface area contributed by atoms with E-state index in [1.165, 1.54) is 0 Å². The molecule has 0 aliphatic heterocycles. The van der Waals surface area contributed by atoms with E-state index in [0.717, 1.165) is 29.6 Å². The van der Waals surface area contributed by atoms with Gasteiger partial charge >= 0.3 is 0 Å². The van der Waals surface area contributed by atoms with Crippen LogP contribution in [0.1, 0.15) is 25.3 Å². The summed E-state index contributed by atoms with van der Waals surface area (Å²) in [6.45, 7) is 2.21. The zero-order valence-electron chi connectivity index (χ0n) is 12.8. The first-order chi connectivity index (χ1) is 10.6. The van der Waals surface area contributed by atoms with Gasteiger partial charge in [-0.05, 0) is 42.4 Å². The standard InChI is InChI=1S/C19H19ClO2/c1-12-10-14(19(21)16-8-4-3-7-15(12)16)11-13-6-5-9-17(22-2)18(13)20/h3-6,8-9,11-12,15H,7,10H2,1-2H3. The van der Waals surface area contributed by atoms with E-state index in [-0.39, 0.29) is 5.78 Å². The summed E-state index contributed by atoms with van der Waals surface area (Å²) in [5.41, 5.74) is 2.61. The monoisotopic (exact) mass is 314 g/mol. The third kappa shape index (κ3) is 2.64. The molecule has 2 aliphatic carbocycles. The zero-order valence-corrected chi connectivity index (χ0v) is 13.6. The fraction of sp³-hybridized carbons (Fsp3) is 0.316. The molecule has 2 unspecified atom stereocenters. The van der Waals surface area contributed by atoms with Crippen LogP contribution in [0.4, 0.5) is 0 Å². The van der Waals surface area contributed by atoms with Crippen LogP contribution in [0.15, 0.2) is 47.6 Å². The van der Waals surface area contributed by atoms with Gasteiger partial charge in [-0.1, -0.05) is 48.9 Å². The van der Waals surface area contributed by atoms with Gasteiger partial charge in [-0.2, -0.15) is 0 Å². The fourth-order valence-corrected chi connectivity index (χ4v) is 3.56. The van der Waals surface area contributed by atoms with E-state index >= 15 is 0 Å². The van der Waals surface area contributed by atoms with Crippen LogP contribution in [0.3, 0.4) is 0 Å². The Labute approximate surface area is 136 Å². The highest BCUT2D eigenvalue weighted by Crippen LogP contribution is 2.40. The average molecular weight is 315 g/mol. The van der Waals surface area contributed by atoms with E-state index in [9.17, 15) is 4.79 Å². The molecule has 1 fully saturated rings. The number of benzene rings is 1. The minimum absolute atomic E-state index is 0.159. The highest BCUT2D eigenvalue weighted by molar-refractivity contribution is 6.33. The molecule has 2 aliphatic rings. The number of halogens is 1. The van der Waals surface area contributed by atoms with Gasteiger partial charge in [0.25, 0.3) is 0 Å². The summed E-state index contributed by atoms with van der Waals surface area (Å²) in [6.07, 6.45) is 9.77. The number of allylic oxidation sites excluding steroid dienone is 5. The highest BCUT2D eigenvalue weighted by Gasteiger charge is 2.34. The number of ether oxygens (including phenoxy) is 1. The maximum absolute atomic E-state index is 12.7. The Morgan fingerprint density at radius 1 is 1.36 bits per heavy atom. The molecule has 0 bridgehead atoms. The van der Waals surface area contributed by atoms with Crippen molar-refractivity contribution in [2.45, 2.75) is 19.8 Å². The molecule has 114 valence electrons. The van der Waals surface area contributed by atoms with Crippen LogP contribution < -0.4 is 4.74 Å². The van der Waals surface area contributed by atoms with E-state index in [0.29, 0.717) is 22.6 Å². The molecule has 1 aromatic carbocycles. The van der Waals surface area contributed by atoms with Crippen molar-refractivity contribution in [1.82, 2.24) is 0 Å². The number of hydrogen-bond acceptors (Lipinski definition) is 2. The molecule has 0 N–H and O–H groups in total. The third-order valence-electron chi connectivity index (χ3n) is 4.53. The molecule has 0 saturated heterocycles. The van der Waals surface area contributed by atoms with Gasteiger partial charge in [-0.25, -0.2) is 0 Å². The molecular formula is C19H19ClO2. The van der Waals surface area contributed by atoms with Crippen LogP contribution in [-0.4, -0.2) is 12.9 Å². The summed E-state index contributed by atoms with van der Waals surface area (Å²) < 4.78 is 5.24. The molecule has 22 heavy (non-hydrogen) atoms. The largest absolute Gasteiger partial charge is 0.495 e. The Hall–Kier alpha value is -1.80. The van der Waals surface area contributed by atoms with Crippen molar-refractivity contribution in [2.75, 3.05) is 7.11 Å². The lowest BCUT2D eigenvalue weighted by molar-refractivity contribution is -0.113. The summed E-state index contributed by atoms with van der Waals surface area (Å²) in [6, 6.07) is 5.62. The molecular weight excluding hydrogens is 296 g/mol. The van der Waals surface area contributed by atoms with Gasteiger partial charge in [0, 0.05) is 11.1 Å². The summed E-state index contributed by atoms with van der Waals surface area (Å²) in [7, 11) is 1.59. The predicted octanol–water partition coefficient (Wildman–Crippen LogP) is 4.84. The Morgan fingerprint density at radius 2 is 2.18 bits per heavy atom. The highest BCUT2D eigenvalue weighted by atomic mass is 35.5. The predicted molar refractivity (Wildman–Crippen MR) is 90.1 cm³/mol. The van der Waals surface area contributed by atoms with Crippen LogP contribution >= 0.6 is 11.6 Å². The lowest BCUT2D eigenvalue weighted by Gasteiger charge is -2.33. The van der Waals surface area contributed by atoms with Crippen molar-refractivity contribution in [3.8, 4) is 5.75 Å². The van der Waals surface area contributed by atoms with Gasteiger partial charge in [0.05, 0.1) is 12.1 Å². The summed E-state index contributed by atoms with van der Waals surface area (Å²) >= 11 is 6.34. The van der Waals surface area contributed by atoms with Crippen LogP contribution in [0.25, 0.3) is 6.08 Å². The maximum atomic E-state index is 12.7. The van der Waals surface area contributed by atoms with Gasteiger partial charge in [-0.3, -0.25) is 4.79 Å². The lowest BCUT2D eigenvalue weighted by Crippen LogP contribution is -2.28. The fourth-order valence-electron chi connectivity index (χ4n) is 3.31. The van der Waals surface area contributed by atoms with Gasteiger partial charge in [0.1, 0.15) is 5.75 Å². The van der Waals surface area contributed by atoms with Gasteiger partial charge in [0.15, 0.2) is 5.78 Å². The van der Waals surface area contributed by atoms with Crippen LogP contribution in [0, 0.1) is 11.8 Å². The SMILES string of the molecule is COc1cccc(C=C2CC(C)C3CC=CC=C3C2=O)c1Cl. The number of ketones is 1. The van der Waals surface area contributed by atoms with Gasteiger partial charge < -0.3 is 4.74 Å². The molecule has 2 atom stereocenters. The second-order valence-corrected chi connectivity index (χ2v) is 6.31. The number of hydrogen-bond donors (Lipinski definition) is 0. The Morgan fingerprint density at radius 3 is 2.95 bits per heavy atom. The summed E-state index contributed by atoms with van der Waals surface area (Å²) in [5, 5.41) is 0.553. The Balaban J connectivity index is 1.99. The summed E-state index contributed by atoms with van der Waals surface area (Å²) in [4.78, 5) is 12.7. The zero-order chi connectivity index (χ0) is 15.7. The quantitative estimate of drug-likeness (QED) is 0.730. The van der Waals surface area contributed by atoms with Crippen LogP contribution in [0.2, 0.25) is 5.02 Å². The second-order valence-electron chi connectivity index (χ2n) is 5.94. The summed E-state index contributed by atoms with van der Waals surface area (Å²) in [5.74, 6) is 1.61. The molecule has 1 saturated carbocycles. The molecule has 0 radical (unpaired) electrons. The van der Waals surface area contributed by atoms with Crippen molar-refractivity contribution >= 4 is 23.5 Å². The lowest BCUT2D eigenvalue weighted by atomic mass is 9.70. The van der Waals surface area contributed by atoms with Crippen molar-refractivity contribution < 1.29 is 9.53 Å². The molecule has 0 spiro atoms. The molecule has 3 heteroatoms. The Bertz CT molecular complexity index is 697. The Kier molecular flexibility index (Phi) is 4.21. The first-order valence-corrected chi connectivity index (χ1v) is 7.94. The van der Waals surface area contributed by atoms with E-state index in [2.05, 4.69) is 13.0 Å². The minimum atomic E-state index is 0.159. The molecule has 0 heterocycles. The van der Waals surface area contributed by atoms with Crippen molar-refractivity contribution in [3.63, 3.8) is 0 Å². The molecule has 1 aromatic rings. The minimum Gasteiger partial charge on any atom is -0.495 e. The number of carbonyl (C=O) groups is 1. The van der Waals surface area contributed by atoms with E-state index in [1.807, 2.05) is 36.4 Å². The number of Topliss-reactive ketones (excluding diaryl/α,β-unsaturated/α-hetero) is 1. The van der Waals surface area contributed by atoms with Crippen LogP contribution in [-0.2, 0) is 4.79 Å². The average Bonchev–Trinajstić information content (AvgIpc) is 2.54.